The van der Waals surface area contributed by atoms with Crippen molar-refractivity contribution in [2.45, 2.75) is 65.4 Å². The van der Waals surface area contributed by atoms with Crippen molar-refractivity contribution in [1.29, 1.82) is 0 Å². The Bertz CT molecular complexity index is 601. The molecule has 0 radical (unpaired) electrons. The van der Waals surface area contributed by atoms with Gasteiger partial charge >= 0.3 is 5.97 Å². The SMILES string of the molecule is CC(=O)OC1CCC2C3CCC4C(C)=NNC(=O)C4C3CCC12C. The van der Waals surface area contributed by atoms with Crippen molar-refractivity contribution in [3.05, 3.63) is 0 Å². The molecule has 5 nitrogen and oxygen atoms in total. The van der Waals surface area contributed by atoms with Gasteiger partial charge in [0.15, 0.2) is 0 Å². The molecule has 7 atom stereocenters. The number of amides is 1. The standard InChI is InChI=1S/C19H28N2O3/c1-10-12-4-5-13-14(17(12)18(23)21-20-10)8-9-19(3)15(13)6-7-16(19)24-11(2)22/h12-17H,4-9H2,1-3H3,(H,21,23). The van der Waals surface area contributed by atoms with E-state index in [2.05, 4.69) is 24.4 Å². The molecule has 3 aliphatic carbocycles. The second-order valence-corrected chi connectivity index (χ2v) is 8.59. The molecule has 7 unspecified atom stereocenters. The van der Waals surface area contributed by atoms with Crippen molar-refractivity contribution in [2.24, 2.45) is 40.1 Å². The van der Waals surface area contributed by atoms with E-state index in [-0.39, 0.29) is 29.3 Å². The predicted molar refractivity (Wildman–Crippen MR) is 90.1 cm³/mol. The number of hydrogen-bond donors (Lipinski definition) is 1. The molecule has 0 bridgehead atoms. The molecule has 4 rings (SSSR count). The fourth-order valence-electron chi connectivity index (χ4n) is 6.52. The van der Waals surface area contributed by atoms with Gasteiger partial charge in [0.25, 0.3) is 0 Å². The van der Waals surface area contributed by atoms with Crippen LogP contribution < -0.4 is 5.43 Å². The van der Waals surface area contributed by atoms with Gasteiger partial charge in [-0.25, -0.2) is 5.43 Å². The van der Waals surface area contributed by atoms with Crippen LogP contribution in [-0.4, -0.2) is 23.7 Å². The van der Waals surface area contributed by atoms with Gasteiger partial charge in [-0.2, -0.15) is 5.10 Å². The molecule has 1 amide bonds. The van der Waals surface area contributed by atoms with Crippen LogP contribution in [0.4, 0.5) is 0 Å². The van der Waals surface area contributed by atoms with E-state index in [1.165, 1.54) is 13.3 Å². The van der Waals surface area contributed by atoms with Crippen LogP contribution in [0.3, 0.4) is 0 Å². The number of carbonyl (C=O) groups excluding carboxylic acids is 2. The summed E-state index contributed by atoms with van der Waals surface area (Å²) in [6.07, 6.45) is 6.54. The number of rotatable bonds is 1. The molecule has 1 aliphatic heterocycles. The Kier molecular flexibility index (Phi) is 3.73. The summed E-state index contributed by atoms with van der Waals surface area (Å²) < 4.78 is 5.67. The molecule has 0 spiro atoms. The Morgan fingerprint density at radius 2 is 2.00 bits per heavy atom. The summed E-state index contributed by atoms with van der Waals surface area (Å²) in [5.41, 5.74) is 3.93. The second-order valence-electron chi connectivity index (χ2n) is 8.59. The van der Waals surface area contributed by atoms with E-state index in [1.54, 1.807) is 0 Å². The fraction of sp³-hybridized carbons (Fsp3) is 0.842. The van der Waals surface area contributed by atoms with Crippen molar-refractivity contribution < 1.29 is 14.3 Å². The van der Waals surface area contributed by atoms with Crippen molar-refractivity contribution in [1.82, 2.24) is 5.43 Å². The maximum atomic E-state index is 12.5. The highest BCUT2D eigenvalue weighted by molar-refractivity contribution is 5.94. The van der Waals surface area contributed by atoms with E-state index in [9.17, 15) is 9.59 Å². The largest absolute Gasteiger partial charge is 0.462 e. The second kappa shape index (κ2) is 5.57. The zero-order chi connectivity index (χ0) is 17.1. The summed E-state index contributed by atoms with van der Waals surface area (Å²) in [7, 11) is 0. The van der Waals surface area contributed by atoms with E-state index < -0.39 is 0 Å². The number of esters is 1. The molecular weight excluding hydrogens is 304 g/mol. The van der Waals surface area contributed by atoms with E-state index >= 15 is 0 Å². The third-order valence-corrected chi connectivity index (χ3v) is 7.60. The van der Waals surface area contributed by atoms with Crippen LogP contribution in [0, 0.1) is 35.0 Å². The van der Waals surface area contributed by atoms with Crippen LogP contribution in [-0.2, 0) is 14.3 Å². The van der Waals surface area contributed by atoms with Gasteiger partial charge in [0.2, 0.25) is 5.91 Å². The van der Waals surface area contributed by atoms with Crippen molar-refractivity contribution in [2.75, 3.05) is 0 Å². The Hall–Kier alpha value is -1.39. The molecule has 24 heavy (non-hydrogen) atoms. The topological polar surface area (TPSA) is 67.8 Å². The van der Waals surface area contributed by atoms with Crippen LogP contribution in [0.1, 0.15) is 59.3 Å². The minimum Gasteiger partial charge on any atom is -0.462 e. The predicted octanol–water partition coefficient (Wildman–Crippen LogP) is 2.89. The lowest BCUT2D eigenvalue weighted by molar-refractivity contribution is -0.157. The molecule has 0 aromatic heterocycles. The number of nitrogens with one attached hydrogen (secondary N) is 1. The lowest BCUT2D eigenvalue weighted by atomic mass is 9.51. The number of hydrazone groups is 1. The Morgan fingerprint density at radius 1 is 1.21 bits per heavy atom. The molecule has 0 aromatic carbocycles. The van der Waals surface area contributed by atoms with Gasteiger partial charge in [-0.1, -0.05) is 6.92 Å². The Labute approximate surface area is 143 Å². The maximum absolute atomic E-state index is 12.5. The summed E-state index contributed by atoms with van der Waals surface area (Å²) in [5.74, 6) is 2.01. The summed E-state index contributed by atoms with van der Waals surface area (Å²) >= 11 is 0. The van der Waals surface area contributed by atoms with Crippen LogP contribution in [0.25, 0.3) is 0 Å². The van der Waals surface area contributed by atoms with E-state index in [4.69, 9.17) is 4.74 Å². The average molecular weight is 332 g/mol. The first-order chi connectivity index (χ1) is 11.4. The first-order valence-electron chi connectivity index (χ1n) is 9.43. The van der Waals surface area contributed by atoms with Gasteiger partial charge in [-0.05, 0) is 63.2 Å². The third-order valence-electron chi connectivity index (χ3n) is 7.60. The average Bonchev–Trinajstić information content (AvgIpc) is 2.87. The fourth-order valence-corrected chi connectivity index (χ4v) is 6.52. The van der Waals surface area contributed by atoms with Gasteiger partial charge in [-0.15, -0.1) is 0 Å². The summed E-state index contributed by atoms with van der Waals surface area (Å²) in [6.45, 7) is 5.88. The quantitative estimate of drug-likeness (QED) is 0.751. The number of fused-ring (bicyclic) bond motifs is 5. The van der Waals surface area contributed by atoms with Crippen molar-refractivity contribution in [3.8, 4) is 0 Å². The van der Waals surface area contributed by atoms with Gasteiger partial charge in [0, 0.05) is 24.0 Å². The molecule has 3 saturated carbocycles. The molecule has 5 heteroatoms. The molecule has 0 aromatic rings. The van der Waals surface area contributed by atoms with Crippen LogP contribution in [0.5, 0.6) is 0 Å². The summed E-state index contributed by atoms with van der Waals surface area (Å²) in [4.78, 5) is 24.0. The van der Waals surface area contributed by atoms with Gasteiger partial charge < -0.3 is 4.74 Å². The molecule has 0 saturated heterocycles. The smallest absolute Gasteiger partial charge is 0.302 e. The van der Waals surface area contributed by atoms with Crippen LogP contribution in [0.2, 0.25) is 0 Å². The highest BCUT2D eigenvalue weighted by Gasteiger charge is 2.59. The number of hydrogen-bond acceptors (Lipinski definition) is 4. The molecule has 4 aliphatic rings. The van der Waals surface area contributed by atoms with Crippen molar-refractivity contribution >= 4 is 17.6 Å². The first kappa shape index (κ1) is 16.1. The molecule has 132 valence electrons. The Morgan fingerprint density at radius 3 is 2.75 bits per heavy atom. The first-order valence-corrected chi connectivity index (χ1v) is 9.43. The van der Waals surface area contributed by atoms with Gasteiger partial charge in [0.1, 0.15) is 6.10 Å². The lowest BCUT2D eigenvalue weighted by Gasteiger charge is -2.54. The minimum atomic E-state index is -0.161. The lowest BCUT2D eigenvalue weighted by Crippen LogP contribution is -2.54. The number of nitrogens with zero attached hydrogens (tertiary/aromatic N) is 1. The third kappa shape index (κ3) is 2.23. The van der Waals surface area contributed by atoms with Crippen LogP contribution in [0.15, 0.2) is 5.10 Å². The highest BCUT2D eigenvalue weighted by Crippen LogP contribution is 2.61. The van der Waals surface area contributed by atoms with E-state index in [0.717, 1.165) is 37.8 Å². The summed E-state index contributed by atoms with van der Waals surface area (Å²) in [6, 6.07) is 0. The molecule has 1 N–H and O–H groups in total. The van der Waals surface area contributed by atoms with Crippen LogP contribution >= 0.6 is 0 Å². The number of carbonyl (C=O) groups is 2. The Balaban J connectivity index is 1.60. The van der Waals surface area contributed by atoms with E-state index in [0.29, 0.717) is 23.7 Å². The van der Waals surface area contributed by atoms with E-state index in [1.807, 2.05) is 0 Å². The van der Waals surface area contributed by atoms with Gasteiger partial charge in [-0.3, -0.25) is 9.59 Å². The zero-order valence-corrected chi connectivity index (χ0v) is 14.9. The van der Waals surface area contributed by atoms with Crippen molar-refractivity contribution in [3.63, 3.8) is 0 Å². The number of ether oxygens (including phenoxy) is 1. The molecule has 1 heterocycles. The van der Waals surface area contributed by atoms with Gasteiger partial charge in [0.05, 0.1) is 5.92 Å². The normalized spacial score (nSPS) is 47.0. The maximum Gasteiger partial charge on any atom is 0.302 e. The monoisotopic (exact) mass is 332 g/mol. The molecule has 3 fully saturated rings. The summed E-state index contributed by atoms with van der Waals surface area (Å²) in [5, 5.41) is 4.22. The zero-order valence-electron chi connectivity index (χ0n) is 14.9. The minimum absolute atomic E-state index is 0.0576. The highest BCUT2D eigenvalue weighted by atomic mass is 16.5. The molecular formula is C19H28N2O3.